The highest BCUT2D eigenvalue weighted by Gasteiger charge is 2.45. The minimum Gasteiger partial charge on any atom is -0.481 e. The van der Waals surface area contributed by atoms with Crippen molar-refractivity contribution in [1.29, 1.82) is 0 Å². The Kier molecular flexibility index (Phi) is 7.81. The molecule has 0 unspecified atom stereocenters. The second-order valence-corrected chi connectivity index (χ2v) is 13.7. The van der Waals surface area contributed by atoms with Gasteiger partial charge in [0, 0.05) is 37.8 Å². The maximum absolute atomic E-state index is 13.8. The highest BCUT2D eigenvalue weighted by atomic mass is 35.5. The van der Waals surface area contributed by atoms with Gasteiger partial charge in [0.25, 0.3) is 11.5 Å². The Balaban J connectivity index is 1.33. The van der Waals surface area contributed by atoms with E-state index in [2.05, 4.69) is 25.1 Å². The van der Waals surface area contributed by atoms with Crippen LogP contribution in [0, 0.1) is 6.92 Å². The highest BCUT2D eigenvalue weighted by molar-refractivity contribution is 7.89. The summed E-state index contributed by atoms with van der Waals surface area (Å²) < 4.78 is 32.2. The summed E-state index contributed by atoms with van der Waals surface area (Å²) in [6.45, 7) is 5.25. The topological polar surface area (TPSA) is 152 Å². The van der Waals surface area contributed by atoms with Crippen LogP contribution in [0.5, 0.6) is 5.88 Å². The van der Waals surface area contributed by atoms with E-state index in [1.807, 2.05) is 49.0 Å². The van der Waals surface area contributed by atoms with E-state index in [-0.39, 0.29) is 34.2 Å². The first kappa shape index (κ1) is 30.6. The molecule has 5 heterocycles. The van der Waals surface area contributed by atoms with E-state index in [9.17, 15) is 18.0 Å². The molecule has 0 spiro atoms. The first-order chi connectivity index (χ1) is 21.3. The number of sulfonamides is 1. The third-order valence-electron chi connectivity index (χ3n) is 8.28. The minimum atomic E-state index is -3.84. The van der Waals surface area contributed by atoms with E-state index in [0.29, 0.717) is 29.3 Å². The number of fused-ring (bicyclic) bond motifs is 3. The Morgan fingerprint density at radius 2 is 1.84 bits per heavy atom. The molecule has 15 heteroatoms. The number of nitrogens with one attached hydrogen (secondary N) is 2. The zero-order valence-corrected chi connectivity index (χ0v) is 27.0. The van der Waals surface area contributed by atoms with Crippen LogP contribution >= 0.6 is 11.6 Å². The van der Waals surface area contributed by atoms with E-state index in [1.165, 1.54) is 6.07 Å². The summed E-state index contributed by atoms with van der Waals surface area (Å²) in [6.07, 6.45) is 3.64. The van der Waals surface area contributed by atoms with Crippen LogP contribution in [0.3, 0.4) is 0 Å². The van der Waals surface area contributed by atoms with Crippen LogP contribution in [-0.4, -0.2) is 72.4 Å². The van der Waals surface area contributed by atoms with Crippen molar-refractivity contribution in [1.82, 2.24) is 24.2 Å². The molecule has 2 bridgehead atoms. The van der Waals surface area contributed by atoms with Gasteiger partial charge in [-0.15, -0.1) is 0 Å². The summed E-state index contributed by atoms with van der Waals surface area (Å²) in [5.41, 5.74) is 3.12. The SMILES string of the molecule is COc1ccc(N2C[C@@H]3C[C@H]2CN3c2nc3c([C@@H](C)Nc4ccc(Cl)nc4C(=O)NS(C)(=O)=O)cc(C)cc3c(=O)n2C)cn1. The number of anilines is 3. The first-order valence-corrected chi connectivity index (χ1v) is 16.6. The number of hydrogen-bond acceptors (Lipinski definition) is 11. The van der Waals surface area contributed by atoms with Crippen molar-refractivity contribution in [3.05, 3.63) is 74.9 Å². The molecule has 1 amide bonds. The van der Waals surface area contributed by atoms with E-state index in [1.54, 1.807) is 24.8 Å². The van der Waals surface area contributed by atoms with Crippen molar-refractivity contribution in [3.8, 4) is 5.88 Å². The number of halogens is 1. The van der Waals surface area contributed by atoms with Gasteiger partial charge in [0.1, 0.15) is 5.15 Å². The molecule has 45 heavy (non-hydrogen) atoms. The Morgan fingerprint density at radius 1 is 1.11 bits per heavy atom. The quantitative estimate of drug-likeness (QED) is 0.270. The Hall–Kier alpha value is -4.43. The normalized spacial score (nSPS) is 18.4. The lowest BCUT2D eigenvalue weighted by Crippen LogP contribution is -2.48. The number of hydrogen-bond donors (Lipinski definition) is 2. The summed E-state index contributed by atoms with van der Waals surface area (Å²) in [5.74, 6) is 0.239. The van der Waals surface area contributed by atoms with E-state index in [0.717, 1.165) is 36.0 Å². The molecule has 13 nitrogen and oxygen atoms in total. The number of nitrogens with zero attached hydrogens (tertiary/aromatic N) is 6. The molecule has 0 radical (unpaired) electrons. The molecule has 6 rings (SSSR count). The van der Waals surface area contributed by atoms with Gasteiger partial charge < -0.3 is 19.9 Å². The average molecular weight is 653 g/mol. The van der Waals surface area contributed by atoms with Gasteiger partial charge in [-0.3, -0.25) is 14.2 Å². The molecule has 2 fully saturated rings. The number of ether oxygens (including phenoxy) is 1. The molecule has 2 aliphatic heterocycles. The third-order valence-corrected chi connectivity index (χ3v) is 9.05. The van der Waals surface area contributed by atoms with E-state index < -0.39 is 22.0 Å². The highest BCUT2D eigenvalue weighted by Crippen LogP contribution is 2.37. The number of amides is 1. The van der Waals surface area contributed by atoms with Crippen LogP contribution in [0.1, 0.15) is 41.0 Å². The molecule has 2 saturated heterocycles. The van der Waals surface area contributed by atoms with Crippen molar-refractivity contribution in [2.75, 3.05) is 41.6 Å². The van der Waals surface area contributed by atoms with Gasteiger partial charge >= 0.3 is 0 Å². The number of aryl methyl sites for hydroxylation is 1. The zero-order valence-electron chi connectivity index (χ0n) is 25.4. The predicted molar refractivity (Wildman–Crippen MR) is 173 cm³/mol. The van der Waals surface area contributed by atoms with E-state index in [4.69, 9.17) is 21.3 Å². The predicted octanol–water partition coefficient (Wildman–Crippen LogP) is 3.02. The summed E-state index contributed by atoms with van der Waals surface area (Å²) in [4.78, 5) is 44.6. The molecule has 0 aliphatic carbocycles. The van der Waals surface area contributed by atoms with E-state index >= 15 is 0 Å². The maximum Gasteiger partial charge on any atom is 0.285 e. The van der Waals surface area contributed by atoms with Crippen LogP contribution in [0.2, 0.25) is 5.15 Å². The van der Waals surface area contributed by atoms with Crippen LogP contribution in [-0.2, 0) is 17.1 Å². The number of aromatic nitrogens is 4. The Labute approximate surface area is 265 Å². The standard InChI is InChI=1S/C30H33ClN8O5S/c1-16-10-21(17(2)33-23-7-8-24(31)34-27(23)28(40)36-45(5,42)43)26-22(11-16)29(41)37(3)30(35-26)39-15-19-12-20(39)14-38(19)18-6-9-25(44-4)32-13-18/h6-11,13,17,19-20,33H,12,14-15H2,1-5H3,(H,36,40)/t17-,19+,20+/m1/s1. The molecular weight excluding hydrogens is 620 g/mol. The van der Waals surface area contributed by atoms with Crippen LogP contribution < -0.4 is 30.1 Å². The van der Waals surface area contributed by atoms with Crippen molar-refractivity contribution in [2.45, 2.75) is 38.4 Å². The molecule has 4 aromatic rings. The van der Waals surface area contributed by atoms with Crippen molar-refractivity contribution >= 4 is 55.8 Å². The zero-order chi connectivity index (χ0) is 32.2. The second-order valence-electron chi connectivity index (χ2n) is 11.5. The fourth-order valence-electron chi connectivity index (χ4n) is 6.27. The summed E-state index contributed by atoms with van der Waals surface area (Å²) in [7, 11) is -0.498. The molecule has 236 valence electrons. The van der Waals surface area contributed by atoms with Crippen LogP contribution in [0.25, 0.3) is 10.9 Å². The number of pyridine rings is 2. The summed E-state index contributed by atoms with van der Waals surface area (Å²) in [6, 6.07) is 10.6. The molecule has 2 N–H and O–H groups in total. The van der Waals surface area contributed by atoms with Crippen LogP contribution in [0.4, 0.5) is 17.3 Å². The molecule has 0 saturated carbocycles. The molecule has 3 aromatic heterocycles. The summed E-state index contributed by atoms with van der Waals surface area (Å²) >= 11 is 6.05. The van der Waals surface area contributed by atoms with Crippen molar-refractivity contribution in [3.63, 3.8) is 0 Å². The average Bonchev–Trinajstić information content (AvgIpc) is 3.60. The van der Waals surface area contributed by atoms with Gasteiger partial charge in [-0.05, 0) is 50.1 Å². The Bertz CT molecular complexity index is 1990. The fourth-order valence-corrected chi connectivity index (χ4v) is 6.85. The van der Waals surface area contributed by atoms with Crippen molar-refractivity contribution < 1.29 is 17.9 Å². The second kappa shape index (κ2) is 11.5. The number of piperazine rings is 1. The number of rotatable bonds is 8. The molecular formula is C30H33ClN8O5S. The van der Waals surface area contributed by atoms with Crippen molar-refractivity contribution in [2.24, 2.45) is 7.05 Å². The van der Waals surface area contributed by atoms with Gasteiger partial charge in [-0.2, -0.15) is 0 Å². The lowest BCUT2D eigenvalue weighted by Gasteiger charge is -2.36. The third kappa shape index (κ3) is 5.87. The molecule has 3 atom stereocenters. The minimum absolute atomic E-state index is 0.0318. The smallest absolute Gasteiger partial charge is 0.285 e. The van der Waals surface area contributed by atoms with Gasteiger partial charge in [0.15, 0.2) is 5.69 Å². The van der Waals surface area contributed by atoms with Crippen LogP contribution in [0.15, 0.2) is 47.4 Å². The molecule has 2 aliphatic rings. The largest absolute Gasteiger partial charge is 0.481 e. The van der Waals surface area contributed by atoms with Gasteiger partial charge in [-0.1, -0.05) is 17.7 Å². The lowest BCUT2D eigenvalue weighted by atomic mass is 10.0. The number of carbonyl (C=O) groups is 1. The first-order valence-electron chi connectivity index (χ1n) is 14.3. The maximum atomic E-state index is 13.8. The monoisotopic (exact) mass is 652 g/mol. The summed E-state index contributed by atoms with van der Waals surface area (Å²) in [5, 5.41) is 3.77. The number of benzene rings is 1. The lowest BCUT2D eigenvalue weighted by molar-refractivity contribution is 0.0977. The van der Waals surface area contributed by atoms with Gasteiger partial charge in [-0.25, -0.2) is 28.1 Å². The number of carbonyl (C=O) groups excluding carboxylic acids is 1. The number of methoxy groups -OCH3 is 1. The molecule has 1 aromatic carbocycles. The van der Waals surface area contributed by atoms with Gasteiger partial charge in [0.2, 0.25) is 21.9 Å². The fraction of sp³-hybridized carbons (Fsp3) is 0.367. The van der Waals surface area contributed by atoms with Gasteiger partial charge in [0.05, 0.1) is 53.9 Å². The Morgan fingerprint density at radius 3 is 2.49 bits per heavy atom.